The van der Waals surface area contributed by atoms with E-state index in [2.05, 4.69) is 30.6 Å². The number of hydrogen-bond acceptors (Lipinski definition) is 8. The summed E-state index contributed by atoms with van der Waals surface area (Å²) < 4.78 is 14.1. The van der Waals surface area contributed by atoms with Crippen molar-refractivity contribution in [2.45, 2.75) is 44.2 Å². The third kappa shape index (κ3) is 4.54. The molecule has 4 rings (SSSR count). The minimum Gasteiger partial charge on any atom is -0.369 e. The van der Waals surface area contributed by atoms with Crippen LogP contribution in [0.2, 0.25) is 0 Å². The van der Waals surface area contributed by atoms with Gasteiger partial charge in [0.25, 0.3) is 0 Å². The Kier molecular flexibility index (Phi) is 5.92. The highest BCUT2D eigenvalue weighted by Gasteiger charge is 2.32. The van der Waals surface area contributed by atoms with Crippen molar-refractivity contribution in [1.29, 1.82) is 0 Å². The highest BCUT2D eigenvalue weighted by molar-refractivity contribution is 7.15. The predicted molar refractivity (Wildman–Crippen MR) is 117 cm³/mol. The van der Waals surface area contributed by atoms with Crippen LogP contribution in [0.1, 0.15) is 43.2 Å². The van der Waals surface area contributed by atoms with E-state index in [1.807, 2.05) is 13.8 Å². The second-order valence-corrected chi connectivity index (χ2v) is 9.09. The van der Waals surface area contributed by atoms with Gasteiger partial charge >= 0.3 is 0 Å². The standard InChI is InChI=1S/C21H24FN7OS/c1-21(2,17-13(22)5-3-8-25-17)29-20-27-9-12(10-28-20)19-26-11-15(31-19)16(18(23)30)14-6-4-7-24-14/h3,5,8-11,14,16,24H,4,6-7H2,1-2H3,(H2,23,30)(H,27,28,29)/t14-,16?/m1/s1. The van der Waals surface area contributed by atoms with Crippen LogP contribution < -0.4 is 16.4 Å². The van der Waals surface area contributed by atoms with Crippen molar-refractivity contribution in [1.82, 2.24) is 25.3 Å². The first kappa shape index (κ1) is 21.3. The van der Waals surface area contributed by atoms with Crippen LogP contribution in [0.25, 0.3) is 10.6 Å². The molecule has 2 atom stereocenters. The quantitative estimate of drug-likeness (QED) is 0.516. The van der Waals surface area contributed by atoms with E-state index in [0.29, 0.717) is 11.0 Å². The van der Waals surface area contributed by atoms with Gasteiger partial charge in [-0.3, -0.25) is 9.78 Å². The summed E-state index contributed by atoms with van der Waals surface area (Å²) in [7, 11) is 0. The van der Waals surface area contributed by atoms with Gasteiger partial charge in [-0.05, 0) is 45.4 Å². The summed E-state index contributed by atoms with van der Waals surface area (Å²) in [6, 6.07) is 2.97. The number of rotatable bonds is 7. The molecule has 1 saturated heterocycles. The molecule has 1 unspecified atom stereocenters. The molecule has 8 nitrogen and oxygen atoms in total. The van der Waals surface area contributed by atoms with Crippen LogP contribution in [0.4, 0.5) is 10.3 Å². The maximum atomic E-state index is 14.1. The molecular weight excluding hydrogens is 417 g/mol. The topological polar surface area (TPSA) is 119 Å². The van der Waals surface area contributed by atoms with Crippen molar-refractivity contribution < 1.29 is 9.18 Å². The summed E-state index contributed by atoms with van der Waals surface area (Å²) in [5.74, 6) is -0.799. The van der Waals surface area contributed by atoms with Gasteiger partial charge in [0.2, 0.25) is 11.9 Å². The molecule has 1 aliphatic rings. The Labute approximate surface area is 183 Å². The van der Waals surface area contributed by atoms with E-state index in [1.54, 1.807) is 30.9 Å². The number of hydrogen-bond donors (Lipinski definition) is 3. The van der Waals surface area contributed by atoms with Gasteiger partial charge in [-0.15, -0.1) is 11.3 Å². The fourth-order valence-corrected chi connectivity index (χ4v) is 4.85. The van der Waals surface area contributed by atoms with Crippen LogP contribution in [-0.4, -0.2) is 38.4 Å². The summed E-state index contributed by atoms with van der Waals surface area (Å²) >= 11 is 1.42. The number of aromatic nitrogens is 4. The van der Waals surface area contributed by atoms with Gasteiger partial charge in [0.15, 0.2) is 0 Å². The Hall–Kier alpha value is -2.98. The van der Waals surface area contributed by atoms with E-state index in [4.69, 9.17) is 5.73 Å². The Morgan fingerprint density at radius 3 is 2.71 bits per heavy atom. The number of thiazole rings is 1. The molecule has 0 spiro atoms. The molecule has 0 aliphatic carbocycles. The first-order valence-electron chi connectivity index (χ1n) is 10.0. The summed E-state index contributed by atoms with van der Waals surface area (Å²) in [5, 5.41) is 7.17. The van der Waals surface area contributed by atoms with Crippen molar-refractivity contribution in [3.63, 3.8) is 0 Å². The van der Waals surface area contributed by atoms with Crippen molar-refractivity contribution in [2.24, 2.45) is 5.73 Å². The Balaban J connectivity index is 1.51. The number of primary amides is 1. The molecule has 4 heterocycles. The SMILES string of the molecule is CC(C)(Nc1ncc(-c2ncc(C(C(N)=O)[C@H]3CCCN3)s2)cn1)c1ncccc1F. The molecule has 3 aromatic heterocycles. The number of nitrogens with one attached hydrogen (secondary N) is 2. The van der Waals surface area contributed by atoms with Gasteiger partial charge < -0.3 is 16.4 Å². The summed E-state index contributed by atoms with van der Waals surface area (Å²) in [4.78, 5) is 30.2. The van der Waals surface area contributed by atoms with Crippen LogP contribution in [-0.2, 0) is 10.3 Å². The smallest absolute Gasteiger partial charge is 0.227 e. The number of pyridine rings is 1. The number of halogens is 1. The monoisotopic (exact) mass is 441 g/mol. The van der Waals surface area contributed by atoms with E-state index in [0.717, 1.165) is 29.8 Å². The van der Waals surface area contributed by atoms with Crippen molar-refractivity contribution >= 4 is 23.2 Å². The zero-order valence-corrected chi connectivity index (χ0v) is 18.1. The lowest BCUT2D eigenvalue weighted by Gasteiger charge is -2.25. The summed E-state index contributed by atoms with van der Waals surface area (Å²) in [5.41, 5.74) is 5.88. The molecule has 1 fully saturated rings. The highest BCUT2D eigenvalue weighted by atomic mass is 32.1. The molecule has 0 radical (unpaired) electrons. The number of amides is 1. The molecule has 0 saturated carbocycles. The average Bonchev–Trinajstić information content (AvgIpc) is 3.41. The summed E-state index contributed by atoms with van der Waals surface area (Å²) in [6.45, 7) is 4.51. The number of carbonyl (C=O) groups excluding carboxylic acids is 1. The van der Waals surface area contributed by atoms with Crippen LogP contribution in [0.3, 0.4) is 0 Å². The second-order valence-electron chi connectivity index (χ2n) is 8.03. The van der Waals surface area contributed by atoms with Gasteiger partial charge in [-0.1, -0.05) is 0 Å². The molecule has 31 heavy (non-hydrogen) atoms. The van der Waals surface area contributed by atoms with E-state index in [-0.39, 0.29) is 17.6 Å². The third-order valence-electron chi connectivity index (χ3n) is 5.31. The highest BCUT2D eigenvalue weighted by Crippen LogP contribution is 2.33. The second kappa shape index (κ2) is 8.64. The number of carbonyl (C=O) groups is 1. The molecule has 1 aliphatic heterocycles. The lowest BCUT2D eigenvalue weighted by Crippen LogP contribution is -2.36. The molecule has 3 aromatic rings. The minimum absolute atomic E-state index is 0.0443. The zero-order valence-electron chi connectivity index (χ0n) is 17.3. The van der Waals surface area contributed by atoms with Crippen LogP contribution >= 0.6 is 11.3 Å². The van der Waals surface area contributed by atoms with Crippen molar-refractivity contribution in [2.75, 3.05) is 11.9 Å². The molecule has 162 valence electrons. The third-order valence-corrected chi connectivity index (χ3v) is 6.44. The maximum absolute atomic E-state index is 14.1. The molecule has 0 aromatic carbocycles. The largest absolute Gasteiger partial charge is 0.369 e. The van der Waals surface area contributed by atoms with E-state index >= 15 is 0 Å². The molecule has 4 N–H and O–H groups in total. The number of nitrogens with zero attached hydrogens (tertiary/aromatic N) is 4. The molecule has 10 heteroatoms. The zero-order chi connectivity index (χ0) is 22.0. The Bertz CT molecular complexity index is 1060. The molecular formula is C21H24FN7OS. The minimum atomic E-state index is -0.801. The van der Waals surface area contributed by atoms with E-state index < -0.39 is 17.3 Å². The first-order chi connectivity index (χ1) is 14.8. The van der Waals surface area contributed by atoms with Gasteiger partial charge in [-0.2, -0.15) is 0 Å². The maximum Gasteiger partial charge on any atom is 0.227 e. The van der Waals surface area contributed by atoms with Crippen LogP contribution in [0, 0.1) is 5.82 Å². The molecule has 1 amide bonds. The average molecular weight is 442 g/mol. The Morgan fingerprint density at radius 2 is 2.06 bits per heavy atom. The van der Waals surface area contributed by atoms with Crippen LogP contribution in [0.5, 0.6) is 0 Å². The van der Waals surface area contributed by atoms with Crippen molar-refractivity contribution in [3.05, 3.63) is 53.3 Å². The fourth-order valence-electron chi connectivity index (χ4n) is 3.78. The van der Waals surface area contributed by atoms with Gasteiger partial charge in [-0.25, -0.2) is 19.3 Å². The van der Waals surface area contributed by atoms with Gasteiger partial charge in [0.1, 0.15) is 16.5 Å². The van der Waals surface area contributed by atoms with Gasteiger partial charge in [0.05, 0.1) is 11.5 Å². The lowest BCUT2D eigenvalue weighted by atomic mass is 9.96. The van der Waals surface area contributed by atoms with Crippen molar-refractivity contribution in [3.8, 4) is 10.6 Å². The normalized spacial score (nSPS) is 17.5. The first-order valence-corrected chi connectivity index (χ1v) is 10.9. The number of anilines is 1. The predicted octanol–water partition coefficient (Wildman–Crippen LogP) is 2.80. The van der Waals surface area contributed by atoms with Gasteiger partial charge in [0, 0.05) is 41.3 Å². The van der Waals surface area contributed by atoms with Crippen LogP contribution in [0.15, 0.2) is 36.9 Å². The Morgan fingerprint density at radius 1 is 1.29 bits per heavy atom. The van der Waals surface area contributed by atoms with E-state index in [9.17, 15) is 9.18 Å². The number of nitrogens with two attached hydrogens (primary N) is 1. The summed E-state index contributed by atoms with van der Waals surface area (Å²) in [6.07, 6.45) is 8.49. The molecule has 0 bridgehead atoms. The lowest BCUT2D eigenvalue weighted by molar-refractivity contribution is -0.119. The fraction of sp³-hybridized carbons (Fsp3) is 0.381. The van der Waals surface area contributed by atoms with E-state index in [1.165, 1.54) is 17.4 Å².